The Morgan fingerprint density at radius 1 is 1.27 bits per heavy atom. The zero-order valence-electron chi connectivity index (χ0n) is 14.4. The zero-order chi connectivity index (χ0) is 17.1. The van der Waals surface area contributed by atoms with Crippen molar-refractivity contribution < 1.29 is 9.53 Å². The van der Waals surface area contributed by atoms with Gasteiger partial charge in [0.2, 0.25) is 0 Å². The van der Waals surface area contributed by atoms with Gasteiger partial charge in [-0.05, 0) is 25.7 Å². The van der Waals surface area contributed by atoms with Gasteiger partial charge in [0.25, 0.3) is 5.91 Å². The smallest absolute Gasteiger partial charge is 0.259 e. The van der Waals surface area contributed by atoms with E-state index in [1.165, 1.54) is 0 Å². The van der Waals surface area contributed by atoms with Crippen LogP contribution in [0.25, 0.3) is 0 Å². The van der Waals surface area contributed by atoms with Gasteiger partial charge in [0.15, 0.2) is 10.6 Å². The standard InChI is InChI=1S/C16H28Cl2N2O2/c1-11(2)7-19(8-12(3)4)9-13-10-20(15(21)14(17)18)16(5,6)22-13/h9,11-12,14H,7-8,10H2,1-6H3. The van der Waals surface area contributed by atoms with Gasteiger partial charge >= 0.3 is 0 Å². The lowest BCUT2D eigenvalue weighted by molar-refractivity contribution is -0.141. The molecule has 0 aliphatic carbocycles. The molecule has 1 heterocycles. The van der Waals surface area contributed by atoms with Crippen LogP contribution in [0.4, 0.5) is 0 Å². The average Bonchev–Trinajstić information content (AvgIpc) is 2.60. The Morgan fingerprint density at radius 2 is 1.77 bits per heavy atom. The van der Waals surface area contributed by atoms with Gasteiger partial charge in [-0.2, -0.15) is 0 Å². The minimum Gasteiger partial charge on any atom is -0.469 e. The number of amides is 1. The summed E-state index contributed by atoms with van der Waals surface area (Å²) in [6.07, 6.45) is 2.02. The van der Waals surface area contributed by atoms with E-state index >= 15 is 0 Å². The van der Waals surface area contributed by atoms with E-state index in [-0.39, 0.29) is 5.91 Å². The second-order valence-corrected chi connectivity index (χ2v) is 8.21. The number of alkyl halides is 2. The zero-order valence-corrected chi connectivity index (χ0v) is 15.9. The van der Waals surface area contributed by atoms with Crippen LogP contribution < -0.4 is 0 Å². The molecular weight excluding hydrogens is 323 g/mol. The quantitative estimate of drug-likeness (QED) is 0.682. The molecule has 128 valence electrons. The van der Waals surface area contributed by atoms with E-state index in [1.807, 2.05) is 20.0 Å². The van der Waals surface area contributed by atoms with Crippen LogP contribution in [0.15, 0.2) is 12.0 Å². The summed E-state index contributed by atoms with van der Waals surface area (Å²) in [7, 11) is 0. The molecule has 0 saturated carbocycles. The van der Waals surface area contributed by atoms with Crippen molar-refractivity contribution in [2.75, 3.05) is 19.6 Å². The maximum Gasteiger partial charge on any atom is 0.259 e. The van der Waals surface area contributed by atoms with Gasteiger partial charge in [-0.3, -0.25) is 9.69 Å². The first-order valence-electron chi connectivity index (χ1n) is 7.76. The molecule has 1 aliphatic rings. The van der Waals surface area contributed by atoms with Crippen LogP contribution in [0.5, 0.6) is 0 Å². The highest BCUT2D eigenvalue weighted by Crippen LogP contribution is 2.31. The number of hydrogen-bond donors (Lipinski definition) is 0. The van der Waals surface area contributed by atoms with Gasteiger partial charge in [0.1, 0.15) is 5.76 Å². The number of nitrogens with zero attached hydrogens (tertiary/aromatic N) is 2. The summed E-state index contributed by atoms with van der Waals surface area (Å²) in [4.78, 5) is 14.9. The normalized spacial score (nSPS) is 19.4. The van der Waals surface area contributed by atoms with Crippen molar-refractivity contribution in [1.29, 1.82) is 0 Å². The van der Waals surface area contributed by atoms with Gasteiger partial charge in [0.05, 0.1) is 6.54 Å². The summed E-state index contributed by atoms with van der Waals surface area (Å²) in [6.45, 7) is 14.7. The first-order chi connectivity index (χ1) is 10.0. The molecule has 0 aromatic heterocycles. The van der Waals surface area contributed by atoms with E-state index in [0.29, 0.717) is 18.4 Å². The molecule has 0 N–H and O–H groups in total. The van der Waals surface area contributed by atoms with Crippen molar-refractivity contribution in [3.63, 3.8) is 0 Å². The fourth-order valence-corrected chi connectivity index (χ4v) is 2.84. The highest BCUT2D eigenvalue weighted by Gasteiger charge is 2.42. The van der Waals surface area contributed by atoms with Crippen molar-refractivity contribution >= 4 is 29.1 Å². The minimum absolute atomic E-state index is 0.323. The van der Waals surface area contributed by atoms with Crippen LogP contribution in [-0.2, 0) is 9.53 Å². The minimum atomic E-state index is -1.07. The van der Waals surface area contributed by atoms with E-state index in [2.05, 4.69) is 32.6 Å². The Kier molecular flexibility index (Phi) is 6.87. The van der Waals surface area contributed by atoms with E-state index in [9.17, 15) is 4.79 Å². The van der Waals surface area contributed by atoms with E-state index in [0.717, 1.165) is 18.8 Å². The summed E-state index contributed by atoms with van der Waals surface area (Å²) in [6, 6.07) is 0. The molecule has 0 unspecified atom stereocenters. The summed E-state index contributed by atoms with van der Waals surface area (Å²) in [5, 5.41) is 0. The van der Waals surface area contributed by atoms with Gasteiger partial charge in [-0.1, -0.05) is 50.9 Å². The second-order valence-electron chi connectivity index (χ2n) is 7.11. The third-order valence-electron chi connectivity index (χ3n) is 3.32. The largest absolute Gasteiger partial charge is 0.469 e. The van der Waals surface area contributed by atoms with Crippen LogP contribution in [0.2, 0.25) is 0 Å². The summed E-state index contributed by atoms with van der Waals surface area (Å²) in [5.41, 5.74) is -0.730. The maximum absolute atomic E-state index is 12.1. The second kappa shape index (κ2) is 7.78. The average molecular weight is 351 g/mol. The molecule has 0 aromatic rings. The Labute approximate surface area is 144 Å². The third kappa shape index (κ3) is 5.54. The molecule has 1 saturated heterocycles. The number of carbonyl (C=O) groups is 1. The van der Waals surface area contributed by atoms with Crippen molar-refractivity contribution in [3.8, 4) is 0 Å². The molecule has 1 rings (SSSR count). The van der Waals surface area contributed by atoms with Gasteiger partial charge in [-0.15, -0.1) is 0 Å². The van der Waals surface area contributed by atoms with Crippen molar-refractivity contribution in [1.82, 2.24) is 9.80 Å². The van der Waals surface area contributed by atoms with Crippen molar-refractivity contribution in [2.45, 2.75) is 52.1 Å². The molecular formula is C16H28Cl2N2O2. The number of halogens is 2. The van der Waals surface area contributed by atoms with E-state index in [4.69, 9.17) is 27.9 Å². The van der Waals surface area contributed by atoms with Gasteiger partial charge < -0.3 is 9.64 Å². The number of carbonyl (C=O) groups excluding carboxylic acids is 1. The molecule has 6 heteroatoms. The predicted molar refractivity (Wildman–Crippen MR) is 91.7 cm³/mol. The Morgan fingerprint density at radius 3 is 2.18 bits per heavy atom. The highest BCUT2D eigenvalue weighted by molar-refractivity contribution is 6.53. The molecule has 4 nitrogen and oxygen atoms in total. The molecule has 0 bridgehead atoms. The Bertz CT molecular complexity index is 410. The third-order valence-corrected chi connectivity index (χ3v) is 3.70. The number of rotatable bonds is 6. The fourth-order valence-electron chi connectivity index (χ4n) is 2.60. The lowest BCUT2D eigenvalue weighted by Crippen LogP contribution is -2.45. The molecule has 1 amide bonds. The molecule has 22 heavy (non-hydrogen) atoms. The summed E-state index contributed by atoms with van der Waals surface area (Å²) < 4.78 is 5.93. The molecule has 0 aromatic carbocycles. The first-order valence-corrected chi connectivity index (χ1v) is 8.63. The molecule has 0 spiro atoms. The first kappa shape index (κ1) is 19.4. The Balaban J connectivity index is 2.89. The molecule has 1 aliphatic heterocycles. The maximum atomic E-state index is 12.1. The number of ether oxygens (including phenoxy) is 1. The fraction of sp³-hybridized carbons (Fsp3) is 0.812. The topological polar surface area (TPSA) is 32.8 Å². The Hall–Kier alpha value is -0.610. The predicted octanol–water partition coefficient (Wildman–Crippen LogP) is 3.84. The highest BCUT2D eigenvalue weighted by atomic mass is 35.5. The van der Waals surface area contributed by atoms with Gasteiger partial charge in [0, 0.05) is 19.3 Å². The van der Waals surface area contributed by atoms with Crippen molar-refractivity contribution in [3.05, 3.63) is 12.0 Å². The lowest BCUT2D eigenvalue weighted by Gasteiger charge is -2.29. The summed E-state index contributed by atoms with van der Waals surface area (Å²) in [5.74, 6) is 1.56. The van der Waals surface area contributed by atoms with Crippen molar-refractivity contribution in [2.24, 2.45) is 11.8 Å². The van der Waals surface area contributed by atoms with E-state index < -0.39 is 10.6 Å². The molecule has 0 atom stereocenters. The molecule has 1 fully saturated rings. The lowest BCUT2D eigenvalue weighted by atomic mass is 10.1. The molecule has 0 radical (unpaired) electrons. The van der Waals surface area contributed by atoms with E-state index in [1.54, 1.807) is 4.90 Å². The van der Waals surface area contributed by atoms with Crippen LogP contribution >= 0.6 is 23.2 Å². The van der Waals surface area contributed by atoms with Crippen LogP contribution in [-0.4, -0.2) is 45.9 Å². The van der Waals surface area contributed by atoms with Gasteiger partial charge in [-0.25, -0.2) is 0 Å². The number of hydrogen-bond acceptors (Lipinski definition) is 3. The monoisotopic (exact) mass is 350 g/mol. The SMILES string of the molecule is CC(C)CN(C=C1CN(C(=O)C(Cl)Cl)C(C)(C)O1)CC(C)C. The van der Waals surface area contributed by atoms with Crippen LogP contribution in [0.1, 0.15) is 41.5 Å². The van der Waals surface area contributed by atoms with Crippen LogP contribution in [0.3, 0.4) is 0 Å². The summed E-state index contributed by atoms with van der Waals surface area (Å²) >= 11 is 11.4. The van der Waals surface area contributed by atoms with Crippen LogP contribution in [0, 0.1) is 11.8 Å².